The van der Waals surface area contributed by atoms with Gasteiger partial charge in [0.25, 0.3) is 0 Å². The largest absolute Gasteiger partial charge is 0.337 e. The van der Waals surface area contributed by atoms with Crippen molar-refractivity contribution in [1.29, 1.82) is 0 Å². The summed E-state index contributed by atoms with van der Waals surface area (Å²) in [6.07, 6.45) is 2.92. The summed E-state index contributed by atoms with van der Waals surface area (Å²) in [7, 11) is 0. The molecule has 0 bridgehead atoms. The van der Waals surface area contributed by atoms with Crippen LogP contribution in [0.5, 0.6) is 0 Å². The Kier molecular flexibility index (Phi) is 7.76. The van der Waals surface area contributed by atoms with Crippen molar-refractivity contribution in [3.63, 3.8) is 0 Å². The molecule has 7 nitrogen and oxygen atoms in total. The molecule has 0 aliphatic carbocycles. The van der Waals surface area contributed by atoms with Crippen LogP contribution in [0.2, 0.25) is 0 Å². The number of hydrogen-bond donors (Lipinski definition) is 2. The lowest BCUT2D eigenvalue weighted by Gasteiger charge is -2.16. The molecule has 0 aliphatic heterocycles. The Balaban J connectivity index is 0.00000141. The van der Waals surface area contributed by atoms with Gasteiger partial charge >= 0.3 is 0 Å². The summed E-state index contributed by atoms with van der Waals surface area (Å²) in [6.45, 7) is 12.5. The van der Waals surface area contributed by atoms with Gasteiger partial charge in [-0.3, -0.25) is 0 Å². The third-order valence-corrected chi connectivity index (χ3v) is 5.28. The Morgan fingerprint density at radius 3 is 1.78 bits per heavy atom. The highest BCUT2D eigenvalue weighted by atomic mass is 16.6. The molecule has 0 spiro atoms. The summed E-state index contributed by atoms with van der Waals surface area (Å²) < 4.78 is 4.82. The average Bonchev–Trinajstić information content (AvgIpc) is 3.29. The zero-order valence-corrected chi connectivity index (χ0v) is 19.8. The van der Waals surface area contributed by atoms with Crippen molar-refractivity contribution >= 4 is 34.3 Å². The highest BCUT2D eigenvalue weighted by molar-refractivity contribution is 5.80. The highest BCUT2D eigenvalue weighted by Crippen LogP contribution is 2.30. The van der Waals surface area contributed by atoms with Gasteiger partial charge in [0, 0.05) is 11.4 Å². The molecule has 0 saturated heterocycles. The molecule has 0 atom stereocenters. The molecule has 2 aromatic heterocycles. The summed E-state index contributed by atoms with van der Waals surface area (Å²) in [6, 6.07) is 12.8. The van der Waals surface area contributed by atoms with E-state index >= 15 is 0 Å². The van der Waals surface area contributed by atoms with E-state index in [0.29, 0.717) is 22.9 Å². The van der Waals surface area contributed by atoms with E-state index in [1.54, 1.807) is 0 Å². The molecule has 0 fully saturated rings. The lowest BCUT2D eigenvalue weighted by molar-refractivity contribution is 0.314. The molecule has 0 saturated carbocycles. The normalized spacial score (nSPS) is 10.6. The molecular weight excluding hydrogens is 400 g/mol. The third kappa shape index (κ3) is 5.04. The molecule has 168 valence electrons. The van der Waals surface area contributed by atoms with Crippen molar-refractivity contribution in [2.24, 2.45) is 0 Å². The Morgan fingerprint density at radius 1 is 0.719 bits per heavy atom. The lowest BCUT2D eigenvalue weighted by Crippen LogP contribution is -2.05. The third-order valence-electron chi connectivity index (χ3n) is 5.28. The van der Waals surface area contributed by atoms with Crippen LogP contribution in [0.4, 0.5) is 23.0 Å². The number of hydrogen-bond acceptors (Lipinski definition) is 7. The first-order valence-corrected chi connectivity index (χ1v) is 11.4. The smallest absolute Gasteiger partial charge is 0.245 e. The molecule has 0 unspecified atom stereocenters. The van der Waals surface area contributed by atoms with Gasteiger partial charge in [0.1, 0.15) is 0 Å². The van der Waals surface area contributed by atoms with Crippen LogP contribution in [0, 0.1) is 6.92 Å². The predicted octanol–water partition coefficient (Wildman–Crippen LogP) is 6.52. The summed E-state index contributed by atoms with van der Waals surface area (Å²) in [5, 5.41) is 14.6. The van der Waals surface area contributed by atoms with E-state index in [1.165, 1.54) is 16.7 Å². The van der Waals surface area contributed by atoms with Gasteiger partial charge in [-0.2, -0.15) is 0 Å². The number of anilines is 4. The van der Waals surface area contributed by atoms with Crippen molar-refractivity contribution in [1.82, 2.24) is 20.3 Å². The first-order valence-electron chi connectivity index (χ1n) is 11.4. The monoisotopic (exact) mass is 432 g/mol. The quantitative estimate of drug-likeness (QED) is 0.343. The first kappa shape index (κ1) is 23.2. The second-order valence-corrected chi connectivity index (χ2v) is 7.28. The number of rotatable bonds is 7. The second-order valence-electron chi connectivity index (χ2n) is 7.28. The highest BCUT2D eigenvalue weighted by Gasteiger charge is 2.15. The molecule has 4 aromatic rings. The zero-order chi connectivity index (χ0) is 23.1. The molecular formula is C25H32N6O. The van der Waals surface area contributed by atoms with E-state index in [1.807, 2.05) is 13.8 Å². The van der Waals surface area contributed by atoms with Crippen LogP contribution in [-0.2, 0) is 19.3 Å². The van der Waals surface area contributed by atoms with Gasteiger partial charge in [-0.25, -0.2) is 14.6 Å². The maximum absolute atomic E-state index is 4.82. The van der Waals surface area contributed by atoms with Crippen molar-refractivity contribution < 1.29 is 4.63 Å². The van der Waals surface area contributed by atoms with Crippen LogP contribution < -0.4 is 10.6 Å². The summed E-state index contributed by atoms with van der Waals surface area (Å²) in [5.41, 5.74) is 7.67. The van der Waals surface area contributed by atoms with Crippen LogP contribution in [0.1, 0.15) is 56.9 Å². The van der Waals surface area contributed by atoms with E-state index in [4.69, 9.17) is 4.63 Å². The Hall–Kier alpha value is -3.48. The first-order chi connectivity index (χ1) is 15.6. The van der Waals surface area contributed by atoms with E-state index < -0.39 is 0 Å². The van der Waals surface area contributed by atoms with Crippen molar-refractivity contribution in [2.75, 3.05) is 10.6 Å². The standard InChI is InChI=1S/C23H26N6O.C2H6/c1-5-15-8-10-18(14(4)12-15)24-20-21(27-23-22(26-20)28-30-29-23)25-19-11-9-16(6-2)13-17(19)7-3;1-2/h8-13H,5-7H2,1-4H3,(H,24,26,28)(H,25,27,29);1-2H3. The second kappa shape index (κ2) is 10.7. The number of aryl methyl sites for hydroxylation is 4. The minimum atomic E-state index is 0.364. The number of nitrogens with one attached hydrogen (secondary N) is 2. The minimum Gasteiger partial charge on any atom is -0.337 e. The van der Waals surface area contributed by atoms with Gasteiger partial charge < -0.3 is 10.6 Å². The fraction of sp³-hybridized carbons (Fsp3) is 0.360. The molecule has 2 N–H and O–H groups in total. The molecule has 0 aliphatic rings. The van der Waals surface area contributed by atoms with Gasteiger partial charge in [0.15, 0.2) is 11.6 Å². The minimum absolute atomic E-state index is 0.364. The zero-order valence-electron chi connectivity index (χ0n) is 19.8. The van der Waals surface area contributed by atoms with E-state index in [-0.39, 0.29) is 0 Å². The maximum atomic E-state index is 4.82. The van der Waals surface area contributed by atoms with Gasteiger partial charge in [0.2, 0.25) is 11.3 Å². The van der Waals surface area contributed by atoms with E-state index in [2.05, 4.69) is 95.0 Å². The molecule has 7 heteroatoms. The average molecular weight is 433 g/mol. The van der Waals surface area contributed by atoms with Crippen molar-refractivity contribution in [2.45, 2.75) is 60.8 Å². The Bertz CT molecular complexity index is 1180. The molecule has 32 heavy (non-hydrogen) atoms. The summed E-state index contributed by atoms with van der Waals surface area (Å²) in [4.78, 5) is 9.20. The van der Waals surface area contributed by atoms with Crippen LogP contribution in [0.3, 0.4) is 0 Å². The maximum Gasteiger partial charge on any atom is 0.245 e. The molecule has 2 aromatic carbocycles. The van der Waals surface area contributed by atoms with E-state index in [9.17, 15) is 0 Å². The Morgan fingerprint density at radius 2 is 1.25 bits per heavy atom. The van der Waals surface area contributed by atoms with Crippen molar-refractivity contribution in [3.8, 4) is 0 Å². The van der Waals surface area contributed by atoms with Gasteiger partial charge in [0.05, 0.1) is 0 Å². The number of nitrogens with zero attached hydrogens (tertiary/aromatic N) is 4. The van der Waals surface area contributed by atoms with Crippen LogP contribution in [0.25, 0.3) is 11.3 Å². The molecule has 0 amide bonds. The molecule has 4 rings (SSSR count). The Labute approximate surface area is 189 Å². The number of aromatic nitrogens is 4. The predicted molar refractivity (Wildman–Crippen MR) is 131 cm³/mol. The van der Waals surface area contributed by atoms with Crippen molar-refractivity contribution in [3.05, 3.63) is 58.7 Å². The van der Waals surface area contributed by atoms with Crippen LogP contribution in [-0.4, -0.2) is 20.3 Å². The number of benzene rings is 2. The number of fused-ring (bicyclic) bond motifs is 1. The molecule has 2 heterocycles. The molecule has 0 radical (unpaired) electrons. The lowest BCUT2D eigenvalue weighted by atomic mass is 10.0. The van der Waals surface area contributed by atoms with E-state index in [0.717, 1.165) is 36.2 Å². The summed E-state index contributed by atoms with van der Waals surface area (Å²) >= 11 is 0. The van der Waals surface area contributed by atoms with Crippen LogP contribution >= 0.6 is 0 Å². The fourth-order valence-electron chi connectivity index (χ4n) is 3.43. The SMILES string of the molecule is CC.CCc1ccc(Nc2nc3nonc3nc2Nc2ccc(CC)cc2CC)c(C)c1. The van der Waals surface area contributed by atoms with Crippen LogP contribution in [0.15, 0.2) is 41.0 Å². The van der Waals surface area contributed by atoms with Gasteiger partial charge in [-0.15, -0.1) is 0 Å². The summed E-state index contributed by atoms with van der Waals surface area (Å²) in [5.74, 6) is 1.16. The van der Waals surface area contributed by atoms with Gasteiger partial charge in [-0.1, -0.05) is 58.9 Å². The fourth-order valence-corrected chi connectivity index (χ4v) is 3.43. The van der Waals surface area contributed by atoms with Gasteiger partial charge in [-0.05, 0) is 70.9 Å². The topological polar surface area (TPSA) is 88.8 Å².